The van der Waals surface area contributed by atoms with E-state index in [0.717, 1.165) is 27.6 Å². The number of hydrogen-bond acceptors (Lipinski definition) is 2. The van der Waals surface area contributed by atoms with Crippen molar-refractivity contribution < 1.29 is 9.59 Å². The molecule has 1 saturated heterocycles. The molecule has 0 unspecified atom stereocenters. The summed E-state index contributed by atoms with van der Waals surface area (Å²) < 4.78 is 0. The number of amides is 3. The van der Waals surface area contributed by atoms with Crippen LogP contribution in [0.3, 0.4) is 0 Å². The average molecular weight is 368 g/mol. The van der Waals surface area contributed by atoms with Crippen LogP contribution in [0.4, 0.5) is 4.79 Å². The Morgan fingerprint density at radius 1 is 1.12 bits per heavy atom. The molecule has 2 heterocycles. The SMILES string of the molecule is Cc1ccc(CN2C(=O)N[C@H](Cc3c[nH]c4c(Cl)cccc34)C2=O)cc1. The van der Waals surface area contributed by atoms with Gasteiger partial charge in [0.2, 0.25) is 0 Å². The van der Waals surface area contributed by atoms with Crippen molar-refractivity contribution in [3.8, 4) is 0 Å². The number of nitrogens with zero attached hydrogens (tertiary/aromatic N) is 1. The summed E-state index contributed by atoms with van der Waals surface area (Å²) in [6.45, 7) is 2.28. The molecule has 2 aromatic carbocycles. The van der Waals surface area contributed by atoms with Gasteiger partial charge in [-0.1, -0.05) is 53.6 Å². The van der Waals surface area contributed by atoms with E-state index < -0.39 is 6.04 Å². The highest BCUT2D eigenvalue weighted by Crippen LogP contribution is 2.27. The highest BCUT2D eigenvalue weighted by molar-refractivity contribution is 6.35. The summed E-state index contributed by atoms with van der Waals surface area (Å²) in [5, 5.41) is 4.40. The van der Waals surface area contributed by atoms with Crippen molar-refractivity contribution in [1.29, 1.82) is 0 Å². The molecule has 0 saturated carbocycles. The van der Waals surface area contributed by atoms with Crippen LogP contribution in [0.25, 0.3) is 10.9 Å². The van der Waals surface area contributed by atoms with Gasteiger partial charge >= 0.3 is 6.03 Å². The van der Waals surface area contributed by atoms with Crippen molar-refractivity contribution in [1.82, 2.24) is 15.2 Å². The van der Waals surface area contributed by atoms with Gasteiger partial charge in [-0.3, -0.25) is 9.69 Å². The predicted octanol–water partition coefficient (Wildman–Crippen LogP) is 3.79. The number of carbonyl (C=O) groups excluding carboxylic acids is 2. The molecule has 6 heteroatoms. The van der Waals surface area contributed by atoms with Crippen LogP contribution < -0.4 is 5.32 Å². The molecule has 1 aliphatic rings. The van der Waals surface area contributed by atoms with Gasteiger partial charge in [0.05, 0.1) is 17.1 Å². The van der Waals surface area contributed by atoms with E-state index in [9.17, 15) is 9.59 Å². The van der Waals surface area contributed by atoms with Crippen LogP contribution in [0.1, 0.15) is 16.7 Å². The standard InChI is InChI=1S/C20H18ClN3O2/c1-12-5-7-13(8-6-12)11-24-19(25)17(23-20(24)26)9-14-10-22-18-15(14)3-2-4-16(18)21/h2-8,10,17,22H,9,11H2,1H3,(H,23,26)/t17-/m1/s1. The zero-order chi connectivity index (χ0) is 18.3. The molecule has 0 bridgehead atoms. The number of fused-ring (bicyclic) bond motifs is 1. The smallest absolute Gasteiger partial charge is 0.325 e. The summed E-state index contributed by atoms with van der Waals surface area (Å²) in [4.78, 5) is 29.4. The molecule has 0 spiro atoms. The summed E-state index contributed by atoms with van der Waals surface area (Å²) in [5.41, 5.74) is 3.87. The number of aromatic nitrogens is 1. The van der Waals surface area contributed by atoms with Gasteiger partial charge in [-0.15, -0.1) is 0 Å². The Bertz CT molecular complexity index is 994. The number of para-hydroxylation sites is 1. The second-order valence-electron chi connectivity index (χ2n) is 6.59. The Morgan fingerprint density at radius 2 is 1.88 bits per heavy atom. The minimum absolute atomic E-state index is 0.202. The third-order valence-electron chi connectivity index (χ3n) is 4.74. The summed E-state index contributed by atoms with van der Waals surface area (Å²) >= 11 is 6.19. The zero-order valence-corrected chi connectivity index (χ0v) is 15.0. The van der Waals surface area contributed by atoms with Crippen LogP contribution in [0.15, 0.2) is 48.7 Å². The number of imide groups is 1. The van der Waals surface area contributed by atoms with Crippen molar-refractivity contribution >= 4 is 34.4 Å². The van der Waals surface area contributed by atoms with Crippen LogP contribution >= 0.6 is 11.6 Å². The Balaban J connectivity index is 1.53. The van der Waals surface area contributed by atoms with Crippen LogP contribution in [0, 0.1) is 6.92 Å². The first-order chi connectivity index (χ1) is 12.5. The average Bonchev–Trinajstić information content (AvgIpc) is 3.15. The van der Waals surface area contributed by atoms with Gasteiger partial charge in [0.25, 0.3) is 5.91 Å². The maximum Gasteiger partial charge on any atom is 0.325 e. The lowest BCUT2D eigenvalue weighted by Crippen LogP contribution is -2.32. The van der Waals surface area contributed by atoms with Crippen molar-refractivity contribution in [2.75, 3.05) is 0 Å². The van der Waals surface area contributed by atoms with Gasteiger partial charge in [-0.05, 0) is 24.1 Å². The van der Waals surface area contributed by atoms with Crippen molar-refractivity contribution in [2.45, 2.75) is 25.9 Å². The number of aryl methyl sites for hydroxylation is 1. The maximum atomic E-state index is 12.7. The van der Waals surface area contributed by atoms with E-state index in [-0.39, 0.29) is 18.5 Å². The van der Waals surface area contributed by atoms with E-state index in [1.807, 2.05) is 55.6 Å². The summed E-state index contributed by atoms with van der Waals surface area (Å²) in [5.74, 6) is -0.202. The molecule has 3 amide bonds. The number of H-pyrrole nitrogens is 1. The van der Waals surface area contributed by atoms with Crippen LogP contribution in [0.2, 0.25) is 5.02 Å². The fourth-order valence-corrected chi connectivity index (χ4v) is 3.53. The predicted molar refractivity (Wildman–Crippen MR) is 101 cm³/mol. The highest BCUT2D eigenvalue weighted by atomic mass is 35.5. The molecular formula is C20H18ClN3O2. The Labute approximate surface area is 155 Å². The van der Waals surface area contributed by atoms with Gasteiger partial charge in [-0.2, -0.15) is 0 Å². The zero-order valence-electron chi connectivity index (χ0n) is 14.3. The molecule has 1 atom stereocenters. The van der Waals surface area contributed by atoms with Crippen LogP contribution in [0.5, 0.6) is 0 Å². The van der Waals surface area contributed by atoms with E-state index in [1.54, 1.807) is 0 Å². The lowest BCUT2D eigenvalue weighted by Gasteiger charge is -2.13. The molecule has 132 valence electrons. The Kier molecular flexibility index (Phi) is 4.17. The van der Waals surface area contributed by atoms with E-state index in [0.29, 0.717) is 11.4 Å². The molecule has 0 aliphatic carbocycles. The molecule has 2 N–H and O–H groups in total. The third kappa shape index (κ3) is 2.95. The fraction of sp³-hybridized carbons (Fsp3) is 0.200. The molecule has 26 heavy (non-hydrogen) atoms. The minimum atomic E-state index is -0.564. The summed E-state index contributed by atoms with van der Waals surface area (Å²) in [7, 11) is 0. The molecule has 1 aromatic heterocycles. The topological polar surface area (TPSA) is 65.2 Å². The number of halogens is 1. The first kappa shape index (κ1) is 16.7. The van der Waals surface area contributed by atoms with Gasteiger partial charge in [0.15, 0.2) is 0 Å². The normalized spacial score (nSPS) is 17.2. The van der Waals surface area contributed by atoms with Crippen molar-refractivity contribution in [3.05, 3.63) is 70.4 Å². The lowest BCUT2D eigenvalue weighted by molar-refractivity contribution is -0.127. The van der Waals surface area contributed by atoms with Gasteiger partial charge in [0, 0.05) is 18.0 Å². The number of aromatic amines is 1. The minimum Gasteiger partial charge on any atom is -0.360 e. The van der Waals surface area contributed by atoms with E-state index in [4.69, 9.17) is 11.6 Å². The summed E-state index contributed by atoms with van der Waals surface area (Å²) in [6.07, 6.45) is 2.27. The number of rotatable bonds is 4. The first-order valence-corrected chi connectivity index (χ1v) is 8.82. The first-order valence-electron chi connectivity index (χ1n) is 8.45. The fourth-order valence-electron chi connectivity index (χ4n) is 3.31. The number of hydrogen-bond donors (Lipinski definition) is 2. The van der Waals surface area contributed by atoms with Crippen molar-refractivity contribution in [3.63, 3.8) is 0 Å². The van der Waals surface area contributed by atoms with Crippen molar-refractivity contribution in [2.24, 2.45) is 0 Å². The maximum absolute atomic E-state index is 12.7. The van der Waals surface area contributed by atoms with Gasteiger partial charge < -0.3 is 10.3 Å². The quantitative estimate of drug-likeness (QED) is 0.689. The van der Waals surface area contributed by atoms with E-state index in [2.05, 4.69) is 10.3 Å². The molecule has 5 nitrogen and oxygen atoms in total. The lowest BCUT2D eigenvalue weighted by atomic mass is 10.0. The highest BCUT2D eigenvalue weighted by Gasteiger charge is 2.38. The number of nitrogens with one attached hydrogen (secondary N) is 2. The second-order valence-corrected chi connectivity index (χ2v) is 7.00. The molecule has 0 radical (unpaired) electrons. The van der Waals surface area contributed by atoms with Gasteiger partial charge in [-0.25, -0.2) is 4.79 Å². The molecule has 3 aromatic rings. The molecular weight excluding hydrogens is 350 g/mol. The number of benzene rings is 2. The Morgan fingerprint density at radius 3 is 2.65 bits per heavy atom. The summed E-state index contributed by atoms with van der Waals surface area (Å²) in [6, 6.07) is 12.6. The monoisotopic (exact) mass is 367 g/mol. The molecule has 1 fully saturated rings. The van der Waals surface area contributed by atoms with E-state index in [1.165, 1.54) is 4.90 Å². The second kappa shape index (κ2) is 6.50. The van der Waals surface area contributed by atoms with Crippen LogP contribution in [-0.4, -0.2) is 27.9 Å². The van der Waals surface area contributed by atoms with Crippen LogP contribution in [-0.2, 0) is 17.8 Å². The number of urea groups is 1. The van der Waals surface area contributed by atoms with E-state index >= 15 is 0 Å². The Hall–Kier alpha value is -2.79. The number of carbonyl (C=O) groups is 2. The molecule has 1 aliphatic heterocycles. The molecule has 4 rings (SSSR count). The van der Waals surface area contributed by atoms with Gasteiger partial charge in [0.1, 0.15) is 6.04 Å². The third-order valence-corrected chi connectivity index (χ3v) is 5.06. The largest absolute Gasteiger partial charge is 0.360 e.